The Morgan fingerprint density at radius 2 is 1.81 bits per heavy atom. The molecule has 32 heavy (non-hydrogen) atoms. The Hall–Kier alpha value is -3.11. The third-order valence-corrected chi connectivity index (χ3v) is 5.15. The number of urea groups is 1. The van der Waals surface area contributed by atoms with Gasteiger partial charge in [-0.3, -0.25) is 4.90 Å². The molecule has 3 aromatic rings. The maximum absolute atomic E-state index is 13.1. The van der Waals surface area contributed by atoms with E-state index in [1.54, 1.807) is 37.6 Å². The maximum Gasteiger partial charge on any atom is 0.387 e. The second-order valence-electron chi connectivity index (χ2n) is 6.29. The predicted molar refractivity (Wildman–Crippen MR) is 120 cm³/mol. The molecular weight excluding hydrogens is 462 g/mol. The van der Waals surface area contributed by atoms with Crippen LogP contribution in [0.1, 0.15) is 5.56 Å². The van der Waals surface area contributed by atoms with E-state index in [0.29, 0.717) is 27.8 Å². The van der Waals surface area contributed by atoms with Crippen molar-refractivity contribution in [2.45, 2.75) is 18.3 Å². The van der Waals surface area contributed by atoms with Gasteiger partial charge in [-0.05, 0) is 54.8 Å². The molecule has 7 nitrogen and oxygen atoms in total. The van der Waals surface area contributed by atoms with Crippen LogP contribution in [0.4, 0.5) is 25.0 Å². The van der Waals surface area contributed by atoms with Crippen molar-refractivity contribution in [3.63, 3.8) is 0 Å². The van der Waals surface area contributed by atoms with Crippen molar-refractivity contribution in [1.29, 1.82) is 0 Å². The lowest BCUT2D eigenvalue weighted by molar-refractivity contribution is -0.0498. The Kier molecular flexibility index (Phi) is 8.07. The first-order chi connectivity index (χ1) is 15.4. The molecule has 1 N–H and O–H groups in total. The highest BCUT2D eigenvalue weighted by atomic mass is 35.5. The summed E-state index contributed by atoms with van der Waals surface area (Å²) in [6, 6.07) is 12.0. The van der Waals surface area contributed by atoms with Gasteiger partial charge in [0.25, 0.3) is 0 Å². The Morgan fingerprint density at radius 3 is 2.38 bits per heavy atom. The maximum atomic E-state index is 13.1. The molecule has 0 atom stereocenters. The molecule has 168 valence electrons. The largest absolute Gasteiger partial charge is 0.497 e. The smallest absolute Gasteiger partial charge is 0.387 e. The van der Waals surface area contributed by atoms with Crippen LogP contribution in [0.2, 0.25) is 5.15 Å². The van der Waals surface area contributed by atoms with Crippen LogP contribution < -0.4 is 19.7 Å². The summed E-state index contributed by atoms with van der Waals surface area (Å²) in [5, 5.41) is 3.51. The number of nitrogens with one attached hydrogen (secondary N) is 1. The number of anilines is 2. The summed E-state index contributed by atoms with van der Waals surface area (Å²) in [6.45, 7) is -2.90. The van der Waals surface area contributed by atoms with Crippen LogP contribution in [0.3, 0.4) is 0 Å². The summed E-state index contributed by atoms with van der Waals surface area (Å²) in [7, 11) is 1.55. The standard InChI is InChI=1S/C21H19ClF2N4O3S/c1-30-16-7-3-14(4-8-16)26-21(29)28(12-13-11-25-20(32-2)27-18(13)22)15-5-9-17(10-6-15)31-19(23)24/h3-11,19H,12H2,1-2H3,(H,26,29). The van der Waals surface area contributed by atoms with Gasteiger partial charge < -0.3 is 14.8 Å². The number of thioether (sulfide) groups is 1. The summed E-state index contributed by atoms with van der Waals surface area (Å²) < 4.78 is 34.4. The van der Waals surface area contributed by atoms with Crippen LogP contribution in [0.5, 0.6) is 11.5 Å². The van der Waals surface area contributed by atoms with Gasteiger partial charge in [0.05, 0.1) is 13.7 Å². The fraction of sp³-hybridized carbons (Fsp3) is 0.190. The van der Waals surface area contributed by atoms with E-state index in [1.165, 1.54) is 40.9 Å². The van der Waals surface area contributed by atoms with Crippen LogP contribution in [-0.2, 0) is 6.54 Å². The summed E-state index contributed by atoms with van der Waals surface area (Å²) in [4.78, 5) is 22.9. The fourth-order valence-electron chi connectivity index (χ4n) is 2.70. The number of nitrogens with zero attached hydrogens (tertiary/aromatic N) is 3. The molecule has 1 aromatic heterocycles. The van der Waals surface area contributed by atoms with E-state index in [2.05, 4.69) is 20.0 Å². The van der Waals surface area contributed by atoms with E-state index in [0.717, 1.165) is 0 Å². The first kappa shape index (κ1) is 23.6. The molecule has 0 bridgehead atoms. The van der Waals surface area contributed by atoms with Crippen molar-refractivity contribution in [3.8, 4) is 11.5 Å². The minimum atomic E-state index is -2.94. The summed E-state index contributed by atoms with van der Waals surface area (Å²) in [5.41, 5.74) is 1.49. The molecule has 2 aromatic carbocycles. The Bertz CT molecular complexity index is 1060. The quantitative estimate of drug-likeness (QED) is 0.253. The van der Waals surface area contributed by atoms with Gasteiger partial charge in [0.1, 0.15) is 16.7 Å². The van der Waals surface area contributed by atoms with Crippen LogP contribution >= 0.6 is 23.4 Å². The monoisotopic (exact) mass is 480 g/mol. The van der Waals surface area contributed by atoms with Gasteiger partial charge >= 0.3 is 12.6 Å². The number of alkyl halides is 2. The van der Waals surface area contributed by atoms with E-state index in [-0.39, 0.29) is 17.4 Å². The normalized spacial score (nSPS) is 10.7. The van der Waals surface area contributed by atoms with Crippen molar-refractivity contribution in [2.24, 2.45) is 0 Å². The lowest BCUT2D eigenvalue weighted by atomic mass is 10.2. The van der Waals surface area contributed by atoms with Crippen molar-refractivity contribution < 1.29 is 23.0 Å². The first-order valence-electron chi connectivity index (χ1n) is 9.22. The number of carbonyl (C=O) groups is 1. The second kappa shape index (κ2) is 11.0. The van der Waals surface area contributed by atoms with Gasteiger partial charge in [-0.15, -0.1) is 0 Å². The highest BCUT2D eigenvalue weighted by molar-refractivity contribution is 7.98. The third kappa shape index (κ3) is 6.21. The molecule has 1 heterocycles. The van der Waals surface area contributed by atoms with Crippen molar-refractivity contribution >= 4 is 40.8 Å². The van der Waals surface area contributed by atoms with Gasteiger partial charge in [-0.25, -0.2) is 14.8 Å². The second-order valence-corrected chi connectivity index (χ2v) is 7.42. The molecule has 0 unspecified atom stereocenters. The minimum absolute atomic E-state index is 0.0232. The number of hydrogen-bond donors (Lipinski definition) is 1. The van der Waals surface area contributed by atoms with E-state index in [4.69, 9.17) is 16.3 Å². The van der Waals surface area contributed by atoms with Gasteiger partial charge in [-0.2, -0.15) is 8.78 Å². The summed E-state index contributed by atoms with van der Waals surface area (Å²) in [6.07, 6.45) is 3.37. The topological polar surface area (TPSA) is 76.6 Å². The van der Waals surface area contributed by atoms with E-state index < -0.39 is 12.6 Å². The average Bonchev–Trinajstić information content (AvgIpc) is 2.79. The number of rotatable bonds is 8. The van der Waals surface area contributed by atoms with E-state index >= 15 is 0 Å². The number of halogens is 3. The lowest BCUT2D eigenvalue weighted by Gasteiger charge is -2.24. The minimum Gasteiger partial charge on any atom is -0.497 e. The van der Waals surface area contributed by atoms with E-state index in [9.17, 15) is 13.6 Å². The van der Waals surface area contributed by atoms with Crippen molar-refractivity contribution in [3.05, 3.63) is 65.4 Å². The van der Waals surface area contributed by atoms with Crippen LogP contribution in [0, 0.1) is 0 Å². The van der Waals surface area contributed by atoms with Crippen LogP contribution in [-0.4, -0.2) is 36.0 Å². The molecular formula is C21H19ClF2N4O3S. The number of aromatic nitrogens is 2. The Balaban J connectivity index is 1.88. The van der Waals surface area contributed by atoms with Gasteiger partial charge in [0.2, 0.25) is 0 Å². The Morgan fingerprint density at radius 1 is 1.16 bits per heavy atom. The van der Waals surface area contributed by atoms with Crippen LogP contribution in [0.25, 0.3) is 0 Å². The van der Waals surface area contributed by atoms with Crippen LogP contribution in [0.15, 0.2) is 59.9 Å². The predicted octanol–water partition coefficient (Wildman–Crippen LogP) is 5.70. The highest BCUT2D eigenvalue weighted by Crippen LogP contribution is 2.26. The molecule has 0 saturated heterocycles. The number of methoxy groups -OCH3 is 1. The lowest BCUT2D eigenvalue weighted by Crippen LogP contribution is -2.34. The zero-order chi connectivity index (χ0) is 23.1. The number of amides is 2. The summed E-state index contributed by atoms with van der Waals surface area (Å²) in [5.74, 6) is 0.622. The molecule has 11 heteroatoms. The van der Waals surface area contributed by atoms with Gasteiger partial charge in [-0.1, -0.05) is 23.4 Å². The average molecular weight is 481 g/mol. The number of ether oxygens (including phenoxy) is 2. The summed E-state index contributed by atoms with van der Waals surface area (Å²) >= 11 is 7.62. The molecule has 0 aliphatic heterocycles. The first-order valence-corrected chi connectivity index (χ1v) is 10.8. The Labute approximate surface area is 192 Å². The van der Waals surface area contributed by atoms with Gasteiger partial charge in [0, 0.05) is 23.1 Å². The van der Waals surface area contributed by atoms with Crippen molar-refractivity contribution in [2.75, 3.05) is 23.6 Å². The third-order valence-electron chi connectivity index (χ3n) is 4.26. The number of benzene rings is 2. The van der Waals surface area contributed by atoms with E-state index in [1.807, 2.05) is 6.26 Å². The fourth-order valence-corrected chi connectivity index (χ4v) is 3.28. The van der Waals surface area contributed by atoms with Gasteiger partial charge in [0.15, 0.2) is 5.16 Å². The SMILES string of the molecule is COc1ccc(NC(=O)N(Cc2cnc(SC)nc2Cl)c2ccc(OC(F)F)cc2)cc1. The molecule has 3 rings (SSSR count). The number of carbonyl (C=O) groups excluding carboxylic acids is 1. The molecule has 2 amide bonds. The zero-order valence-corrected chi connectivity index (χ0v) is 18.7. The highest BCUT2D eigenvalue weighted by Gasteiger charge is 2.19. The molecule has 0 fully saturated rings. The molecule has 0 spiro atoms. The molecule has 0 saturated carbocycles. The zero-order valence-electron chi connectivity index (χ0n) is 17.1. The van der Waals surface area contributed by atoms with Crippen molar-refractivity contribution in [1.82, 2.24) is 9.97 Å². The molecule has 0 radical (unpaired) electrons. The molecule has 0 aliphatic carbocycles. The molecule has 0 aliphatic rings. The number of hydrogen-bond acceptors (Lipinski definition) is 6.